The van der Waals surface area contributed by atoms with Crippen LogP contribution in [0, 0.1) is 11.8 Å². The monoisotopic (exact) mass is 199 g/mol. The quantitative estimate of drug-likeness (QED) is 0.680. The molecule has 1 N–H and O–H groups in total. The van der Waals surface area contributed by atoms with Crippen LogP contribution in [-0.4, -0.2) is 25.8 Å². The molecule has 0 bridgehead atoms. The van der Waals surface area contributed by atoms with Crippen molar-refractivity contribution < 1.29 is 4.74 Å². The first kappa shape index (κ1) is 12.0. The maximum absolute atomic E-state index is 5.59. The van der Waals surface area contributed by atoms with E-state index < -0.39 is 0 Å². The Kier molecular flexibility index (Phi) is 4.90. The molecule has 1 saturated carbocycles. The van der Waals surface area contributed by atoms with E-state index in [2.05, 4.69) is 26.1 Å². The van der Waals surface area contributed by atoms with E-state index in [0.717, 1.165) is 12.5 Å². The third-order valence-corrected chi connectivity index (χ3v) is 3.08. The molecule has 2 atom stereocenters. The fourth-order valence-corrected chi connectivity index (χ4v) is 2.21. The zero-order chi connectivity index (χ0) is 10.6. The van der Waals surface area contributed by atoms with Crippen molar-refractivity contribution in [3.63, 3.8) is 0 Å². The van der Waals surface area contributed by atoms with Crippen LogP contribution in [0.5, 0.6) is 0 Å². The normalized spacial score (nSPS) is 21.2. The molecule has 2 unspecified atom stereocenters. The van der Waals surface area contributed by atoms with Crippen molar-refractivity contribution in [2.75, 3.05) is 13.7 Å². The molecule has 0 radical (unpaired) electrons. The molecule has 2 heteroatoms. The highest BCUT2D eigenvalue weighted by atomic mass is 16.5. The molecule has 0 aromatic carbocycles. The van der Waals surface area contributed by atoms with E-state index in [1.165, 1.54) is 19.3 Å². The molecular weight excluding hydrogens is 174 g/mol. The minimum Gasteiger partial charge on any atom is -0.380 e. The Morgan fingerprint density at radius 1 is 1.36 bits per heavy atom. The summed E-state index contributed by atoms with van der Waals surface area (Å²) in [5.74, 6) is 1.57. The van der Waals surface area contributed by atoms with Crippen molar-refractivity contribution in [2.45, 2.75) is 52.2 Å². The molecule has 1 rings (SSSR count). The van der Waals surface area contributed by atoms with Gasteiger partial charge in [-0.1, -0.05) is 33.6 Å². The average molecular weight is 199 g/mol. The van der Waals surface area contributed by atoms with Gasteiger partial charge >= 0.3 is 0 Å². The zero-order valence-electron chi connectivity index (χ0n) is 10.0. The molecule has 84 valence electrons. The molecule has 0 aliphatic heterocycles. The van der Waals surface area contributed by atoms with Crippen LogP contribution in [0.1, 0.15) is 40.0 Å². The van der Waals surface area contributed by atoms with Gasteiger partial charge in [0, 0.05) is 13.2 Å². The smallest absolute Gasteiger partial charge is 0.0747 e. The van der Waals surface area contributed by atoms with Crippen LogP contribution in [0.2, 0.25) is 0 Å². The van der Waals surface area contributed by atoms with E-state index in [1.54, 1.807) is 0 Å². The second-order valence-corrected chi connectivity index (χ2v) is 4.79. The van der Waals surface area contributed by atoms with Crippen molar-refractivity contribution in [1.82, 2.24) is 5.32 Å². The summed E-state index contributed by atoms with van der Waals surface area (Å²) < 4.78 is 5.59. The predicted octanol–water partition coefficient (Wildman–Crippen LogP) is 2.44. The lowest BCUT2D eigenvalue weighted by Crippen LogP contribution is -2.44. The minimum absolute atomic E-state index is 0.371. The van der Waals surface area contributed by atoms with E-state index in [9.17, 15) is 0 Å². The maximum Gasteiger partial charge on any atom is 0.0747 e. The molecule has 1 aliphatic rings. The fourth-order valence-electron chi connectivity index (χ4n) is 2.21. The Bertz CT molecular complexity index is 154. The lowest BCUT2D eigenvalue weighted by Gasteiger charge is -2.29. The van der Waals surface area contributed by atoms with Gasteiger partial charge < -0.3 is 10.1 Å². The SMILES string of the molecule is CCNC(CC1CC1)C(OC)C(C)C. The molecule has 0 spiro atoms. The Hall–Kier alpha value is -0.0800. The molecule has 0 amide bonds. The summed E-state index contributed by atoms with van der Waals surface area (Å²) in [5.41, 5.74) is 0. The summed E-state index contributed by atoms with van der Waals surface area (Å²) in [6, 6.07) is 0.553. The van der Waals surface area contributed by atoms with Crippen molar-refractivity contribution in [1.29, 1.82) is 0 Å². The summed E-state index contributed by atoms with van der Waals surface area (Å²) in [6.07, 6.45) is 4.52. The van der Waals surface area contributed by atoms with Gasteiger partial charge in [-0.3, -0.25) is 0 Å². The van der Waals surface area contributed by atoms with Crippen molar-refractivity contribution in [2.24, 2.45) is 11.8 Å². The number of nitrogens with one attached hydrogen (secondary N) is 1. The van der Waals surface area contributed by atoms with Gasteiger partial charge in [0.15, 0.2) is 0 Å². The summed E-state index contributed by atoms with van der Waals surface area (Å²) in [4.78, 5) is 0. The summed E-state index contributed by atoms with van der Waals surface area (Å²) in [6.45, 7) is 7.70. The Morgan fingerprint density at radius 3 is 2.36 bits per heavy atom. The number of likely N-dealkylation sites (N-methyl/N-ethyl adjacent to an activating group) is 1. The largest absolute Gasteiger partial charge is 0.380 e. The van der Waals surface area contributed by atoms with Gasteiger partial charge in [-0.2, -0.15) is 0 Å². The van der Waals surface area contributed by atoms with Crippen LogP contribution < -0.4 is 5.32 Å². The van der Waals surface area contributed by atoms with E-state index in [-0.39, 0.29) is 0 Å². The molecule has 0 aromatic heterocycles. The third kappa shape index (κ3) is 3.58. The zero-order valence-corrected chi connectivity index (χ0v) is 10.0. The van der Waals surface area contributed by atoms with Gasteiger partial charge in [0.25, 0.3) is 0 Å². The van der Waals surface area contributed by atoms with Gasteiger partial charge in [-0.25, -0.2) is 0 Å². The van der Waals surface area contributed by atoms with Crippen LogP contribution in [0.25, 0.3) is 0 Å². The fraction of sp³-hybridized carbons (Fsp3) is 1.00. The number of hydrogen-bond acceptors (Lipinski definition) is 2. The minimum atomic E-state index is 0.371. The summed E-state index contributed by atoms with van der Waals surface area (Å²) >= 11 is 0. The standard InChI is InChI=1S/C12H25NO/c1-5-13-11(8-10-6-7-10)12(14-4)9(2)3/h9-13H,5-8H2,1-4H3. The lowest BCUT2D eigenvalue weighted by atomic mass is 9.95. The lowest BCUT2D eigenvalue weighted by molar-refractivity contribution is 0.0295. The molecule has 14 heavy (non-hydrogen) atoms. The van der Waals surface area contributed by atoms with Gasteiger partial charge in [-0.15, -0.1) is 0 Å². The maximum atomic E-state index is 5.59. The predicted molar refractivity (Wildman–Crippen MR) is 60.4 cm³/mol. The number of rotatable bonds is 7. The molecule has 1 fully saturated rings. The Labute approximate surface area is 88.4 Å². The van der Waals surface area contributed by atoms with Gasteiger partial charge in [0.05, 0.1) is 6.10 Å². The van der Waals surface area contributed by atoms with Crippen LogP contribution in [0.3, 0.4) is 0 Å². The Balaban J connectivity index is 2.43. The van der Waals surface area contributed by atoms with Crippen molar-refractivity contribution in [3.8, 4) is 0 Å². The second kappa shape index (κ2) is 5.72. The second-order valence-electron chi connectivity index (χ2n) is 4.79. The first-order chi connectivity index (χ1) is 6.69. The van der Waals surface area contributed by atoms with Crippen LogP contribution in [-0.2, 0) is 4.74 Å². The van der Waals surface area contributed by atoms with E-state index in [0.29, 0.717) is 18.1 Å². The van der Waals surface area contributed by atoms with Crippen LogP contribution >= 0.6 is 0 Å². The summed E-state index contributed by atoms with van der Waals surface area (Å²) in [5, 5.41) is 3.56. The van der Waals surface area contributed by atoms with E-state index >= 15 is 0 Å². The highest BCUT2D eigenvalue weighted by molar-refractivity contribution is 4.86. The van der Waals surface area contributed by atoms with Gasteiger partial charge in [0.2, 0.25) is 0 Å². The first-order valence-corrected chi connectivity index (χ1v) is 5.95. The topological polar surface area (TPSA) is 21.3 Å². The van der Waals surface area contributed by atoms with Gasteiger partial charge in [0.1, 0.15) is 0 Å². The summed E-state index contributed by atoms with van der Waals surface area (Å²) in [7, 11) is 1.84. The van der Waals surface area contributed by atoms with Crippen molar-refractivity contribution >= 4 is 0 Å². The highest BCUT2D eigenvalue weighted by Crippen LogP contribution is 2.35. The van der Waals surface area contributed by atoms with E-state index in [1.807, 2.05) is 7.11 Å². The molecular formula is C12H25NO. The van der Waals surface area contributed by atoms with Crippen LogP contribution in [0.4, 0.5) is 0 Å². The Morgan fingerprint density at radius 2 is 2.00 bits per heavy atom. The molecule has 0 aromatic rings. The molecule has 0 saturated heterocycles. The highest BCUT2D eigenvalue weighted by Gasteiger charge is 2.30. The van der Waals surface area contributed by atoms with Crippen molar-refractivity contribution in [3.05, 3.63) is 0 Å². The molecule has 2 nitrogen and oxygen atoms in total. The molecule has 0 heterocycles. The number of hydrogen-bond donors (Lipinski definition) is 1. The van der Waals surface area contributed by atoms with Crippen LogP contribution in [0.15, 0.2) is 0 Å². The van der Waals surface area contributed by atoms with E-state index in [4.69, 9.17) is 4.74 Å². The number of methoxy groups -OCH3 is 1. The first-order valence-electron chi connectivity index (χ1n) is 5.95. The number of ether oxygens (including phenoxy) is 1. The average Bonchev–Trinajstić information content (AvgIpc) is 2.89. The molecule has 1 aliphatic carbocycles. The van der Waals surface area contributed by atoms with Gasteiger partial charge in [-0.05, 0) is 24.8 Å². The third-order valence-electron chi connectivity index (χ3n) is 3.08.